The molecule has 4 atom stereocenters. The molecule has 1 aromatic carbocycles. The van der Waals surface area contributed by atoms with Crippen LogP contribution in [0.25, 0.3) is 0 Å². The number of benzene rings is 1. The molecule has 0 spiro atoms. The lowest BCUT2D eigenvalue weighted by molar-refractivity contribution is -0.155. The number of nitrogens with one attached hydrogen (secondary N) is 1. The number of esters is 1. The number of carbonyl (C=O) groups excluding carboxylic acids is 3. The van der Waals surface area contributed by atoms with Crippen LogP contribution in [0.15, 0.2) is 30.3 Å². The van der Waals surface area contributed by atoms with Crippen LogP contribution < -0.4 is 5.32 Å². The number of carbonyl (C=O) groups is 3. The molecule has 0 bridgehead atoms. The minimum Gasteiger partial charge on any atom is -0.460 e. The molecular formula is C32H54N2O7Si. The summed E-state index contributed by atoms with van der Waals surface area (Å²) in [4.78, 5) is 40.7. The Morgan fingerprint density at radius 2 is 1.67 bits per heavy atom. The number of hydrogen-bond donors (Lipinski definition) is 1. The van der Waals surface area contributed by atoms with Crippen molar-refractivity contribution in [2.45, 2.75) is 130 Å². The summed E-state index contributed by atoms with van der Waals surface area (Å²) in [5.41, 5.74) is 0.297. The van der Waals surface area contributed by atoms with E-state index in [-0.39, 0.29) is 16.9 Å². The second kappa shape index (κ2) is 14.8. The first-order valence-corrected chi connectivity index (χ1v) is 18.0. The zero-order valence-corrected chi connectivity index (χ0v) is 28.6. The van der Waals surface area contributed by atoms with Crippen LogP contribution in [-0.2, 0) is 34.8 Å². The van der Waals surface area contributed by atoms with Gasteiger partial charge in [-0.25, -0.2) is 4.79 Å². The summed E-state index contributed by atoms with van der Waals surface area (Å²) in [6.07, 6.45) is -0.685. The minimum absolute atomic E-state index is 0.0425. The third kappa shape index (κ3) is 10.7. The molecule has 2 rings (SSSR count). The van der Waals surface area contributed by atoms with E-state index in [9.17, 15) is 14.4 Å². The number of hydrogen-bond acceptors (Lipinski definition) is 7. The van der Waals surface area contributed by atoms with Crippen LogP contribution in [0.1, 0.15) is 80.7 Å². The Hall–Kier alpha value is -2.43. The zero-order chi connectivity index (χ0) is 31.9. The molecule has 238 valence electrons. The Labute approximate surface area is 254 Å². The van der Waals surface area contributed by atoms with Crippen molar-refractivity contribution in [3.63, 3.8) is 0 Å². The van der Waals surface area contributed by atoms with E-state index in [1.165, 1.54) is 6.92 Å². The summed E-state index contributed by atoms with van der Waals surface area (Å²) >= 11 is 0. The van der Waals surface area contributed by atoms with E-state index in [2.05, 4.69) is 39.2 Å². The van der Waals surface area contributed by atoms with Crippen LogP contribution in [-0.4, -0.2) is 74.2 Å². The molecule has 10 heteroatoms. The summed E-state index contributed by atoms with van der Waals surface area (Å²) in [5.74, 6) is -0.871. The van der Waals surface area contributed by atoms with Crippen LogP contribution in [0.5, 0.6) is 0 Å². The van der Waals surface area contributed by atoms with Crippen molar-refractivity contribution >= 4 is 26.3 Å². The number of likely N-dealkylation sites (tertiary alicyclic amines) is 1. The molecule has 1 aliphatic rings. The molecular weight excluding hydrogens is 552 g/mol. The summed E-state index contributed by atoms with van der Waals surface area (Å²) in [5, 5.41) is 2.82. The van der Waals surface area contributed by atoms with E-state index in [4.69, 9.17) is 18.6 Å². The van der Waals surface area contributed by atoms with E-state index in [0.717, 1.165) is 5.56 Å². The van der Waals surface area contributed by atoms with Crippen molar-refractivity contribution in [2.75, 3.05) is 13.2 Å². The largest absolute Gasteiger partial charge is 0.460 e. The van der Waals surface area contributed by atoms with Gasteiger partial charge in [0.1, 0.15) is 17.7 Å². The first-order valence-electron chi connectivity index (χ1n) is 15.1. The van der Waals surface area contributed by atoms with E-state index in [1.807, 2.05) is 44.2 Å². The average molecular weight is 607 g/mol. The van der Waals surface area contributed by atoms with Gasteiger partial charge in [-0.3, -0.25) is 9.59 Å². The van der Waals surface area contributed by atoms with Gasteiger partial charge in [0, 0.05) is 26.5 Å². The van der Waals surface area contributed by atoms with Crippen molar-refractivity contribution < 1.29 is 33.0 Å². The normalized spacial score (nSPS) is 19.4. The number of ether oxygens (including phenoxy) is 3. The van der Waals surface area contributed by atoms with Crippen molar-refractivity contribution in [3.05, 3.63) is 35.9 Å². The molecule has 0 saturated carbocycles. The zero-order valence-electron chi connectivity index (χ0n) is 27.6. The second-order valence-corrected chi connectivity index (χ2v) is 18.9. The van der Waals surface area contributed by atoms with Crippen LogP contribution in [0.3, 0.4) is 0 Å². The van der Waals surface area contributed by atoms with Gasteiger partial charge in [0.2, 0.25) is 5.91 Å². The highest BCUT2D eigenvalue weighted by Gasteiger charge is 2.47. The second-order valence-electron chi connectivity index (χ2n) is 14.1. The molecule has 1 aromatic rings. The van der Waals surface area contributed by atoms with Gasteiger partial charge >= 0.3 is 12.1 Å². The van der Waals surface area contributed by atoms with Gasteiger partial charge in [-0.1, -0.05) is 65.0 Å². The predicted molar refractivity (Wildman–Crippen MR) is 166 cm³/mol. The number of amides is 2. The summed E-state index contributed by atoms with van der Waals surface area (Å²) < 4.78 is 24.3. The maximum atomic E-state index is 14.1. The fourth-order valence-corrected chi connectivity index (χ4v) is 5.79. The summed E-state index contributed by atoms with van der Waals surface area (Å²) in [6, 6.07) is 8.47. The molecule has 1 N–H and O–H groups in total. The Morgan fingerprint density at radius 1 is 1.05 bits per heavy atom. The minimum atomic E-state index is -2.03. The molecule has 9 nitrogen and oxygen atoms in total. The highest BCUT2D eigenvalue weighted by Crippen LogP contribution is 2.37. The van der Waals surface area contributed by atoms with Gasteiger partial charge in [0.15, 0.2) is 8.32 Å². The van der Waals surface area contributed by atoms with E-state index in [1.54, 1.807) is 25.7 Å². The van der Waals surface area contributed by atoms with Crippen LogP contribution >= 0.6 is 0 Å². The maximum Gasteiger partial charge on any atom is 0.408 e. The molecule has 1 fully saturated rings. The third-order valence-electron chi connectivity index (χ3n) is 7.96. The molecule has 0 aromatic heterocycles. The lowest BCUT2D eigenvalue weighted by Crippen LogP contribution is -2.57. The first-order chi connectivity index (χ1) is 19.3. The molecule has 1 saturated heterocycles. The lowest BCUT2D eigenvalue weighted by Gasteiger charge is -2.39. The van der Waals surface area contributed by atoms with E-state index in [0.29, 0.717) is 32.6 Å². The molecule has 0 aliphatic carbocycles. The van der Waals surface area contributed by atoms with Gasteiger partial charge in [-0.2, -0.15) is 0 Å². The number of alkyl carbamates (subject to hydrolysis) is 1. The first kappa shape index (κ1) is 35.8. The monoisotopic (exact) mass is 606 g/mol. The average Bonchev–Trinajstić information content (AvgIpc) is 3.25. The Morgan fingerprint density at radius 3 is 2.19 bits per heavy atom. The maximum absolute atomic E-state index is 14.1. The van der Waals surface area contributed by atoms with E-state index >= 15 is 0 Å². The Kier molecular flexibility index (Phi) is 12.6. The molecule has 1 heterocycles. The molecule has 42 heavy (non-hydrogen) atoms. The molecule has 0 unspecified atom stereocenters. The molecule has 1 aliphatic heterocycles. The summed E-state index contributed by atoms with van der Waals surface area (Å²) in [7, 11) is -2.03. The van der Waals surface area contributed by atoms with Crippen molar-refractivity contribution in [3.8, 4) is 0 Å². The fraction of sp³-hybridized carbons (Fsp3) is 0.719. The highest BCUT2D eigenvalue weighted by atomic mass is 28.4. The van der Waals surface area contributed by atoms with Crippen LogP contribution in [0.4, 0.5) is 4.79 Å². The van der Waals surface area contributed by atoms with E-state index < -0.39 is 50.3 Å². The van der Waals surface area contributed by atoms with Gasteiger partial charge in [-0.05, 0) is 56.8 Å². The Bertz CT molecular complexity index is 1030. The van der Waals surface area contributed by atoms with Gasteiger partial charge in [-0.15, -0.1) is 0 Å². The third-order valence-corrected chi connectivity index (χ3v) is 12.5. The Balaban J connectivity index is 2.39. The van der Waals surface area contributed by atoms with Gasteiger partial charge < -0.3 is 28.9 Å². The standard InChI is InChI=1S/C32H54N2O7Si/c1-22(2)27(33-30(37)41-31(4,5)6)29(36)34-19-17-26(40-23(3)35)28(34)25(38-21-24-15-13-12-14-16-24)18-20-39-42(10,11)32(7,8)9/h12-16,22,25-28H,17-21H2,1-11H3,(H,33,37)/t25-,26+,27-,28+/m0/s1. The summed E-state index contributed by atoms with van der Waals surface area (Å²) in [6.45, 7) is 22.6. The predicted octanol–water partition coefficient (Wildman–Crippen LogP) is 6.07. The van der Waals surface area contributed by atoms with Crippen molar-refractivity contribution in [2.24, 2.45) is 5.92 Å². The molecule has 0 radical (unpaired) electrons. The van der Waals surface area contributed by atoms with Gasteiger partial charge in [0.25, 0.3) is 0 Å². The lowest BCUT2D eigenvalue weighted by atomic mass is 9.99. The van der Waals surface area contributed by atoms with Crippen LogP contribution in [0.2, 0.25) is 18.1 Å². The topological polar surface area (TPSA) is 103 Å². The van der Waals surface area contributed by atoms with Crippen molar-refractivity contribution in [1.29, 1.82) is 0 Å². The highest BCUT2D eigenvalue weighted by molar-refractivity contribution is 6.74. The smallest absolute Gasteiger partial charge is 0.408 e. The number of nitrogens with zero attached hydrogens (tertiary/aromatic N) is 1. The van der Waals surface area contributed by atoms with Gasteiger partial charge in [0.05, 0.1) is 18.8 Å². The van der Waals surface area contributed by atoms with Crippen LogP contribution in [0, 0.1) is 5.92 Å². The fourth-order valence-electron chi connectivity index (χ4n) is 4.73. The quantitative estimate of drug-likeness (QED) is 0.228. The SMILES string of the molecule is CC(=O)O[C@@H]1CCN(C(=O)[C@@H](NC(=O)OC(C)(C)C)C(C)C)[C@@H]1[C@H](CCO[Si](C)(C)C(C)(C)C)OCc1ccccc1. The van der Waals surface area contributed by atoms with Crippen molar-refractivity contribution in [1.82, 2.24) is 10.2 Å². The number of rotatable bonds is 12. The molecule has 2 amide bonds.